The molecule has 0 aliphatic carbocycles. The maximum absolute atomic E-state index is 12.5. The third-order valence-electron chi connectivity index (χ3n) is 3.53. The Morgan fingerprint density at radius 2 is 1.48 bits per heavy atom. The van der Waals surface area contributed by atoms with Crippen LogP contribution < -0.4 is 16.0 Å². The van der Waals surface area contributed by atoms with Gasteiger partial charge < -0.3 is 30.2 Å². The Hall–Kier alpha value is -2.36. The second-order valence-electron chi connectivity index (χ2n) is 8.97. The van der Waals surface area contributed by atoms with E-state index in [1.165, 1.54) is 0 Å². The second kappa shape index (κ2) is 14.6. The van der Waals surface area contributed by atoms with Gasteiger partial charge in [-0.3, -0.25) is 9.79 Å². The van der Waals surface area contributed by atoms with Gasteiger partial charge in [0.15, 0.2) is 0 Å². The number of unbranched alkanes of at least 4 members (excludes halogenated alkanes) is 1. The van der Waals surface area contributed by atoms with E-state index in [1.54, 1.807) is 41.5 Å². The number of aliphatic imine (C=N–C) groups is 1. The molecule has 31 heavy (non-hydrogen) atoms. The number of nitrogens with zero attached hydrogens (tertiary/aromatic N) is 1. The molecule has 0 rings (SSSR count). The molecule has 0 bridgehead atoms. The summed E-state index contributed by atoms with van der Waals surface area (Å²) in [6, 6.07) is -0.758. The molecule has 10 heteroatoms. The van der Waals surface area contributed by atoms with E-state index >= 15 is 0 Å². The number of carbonyl (C=O) groups is 3. The minimum Gasteiger partial charge on any atom is -0.444 e. The van der Waals surface area contributed by atoms with Gasteiger partial charge in [0.25, 0.3) is 0 Å². The number of hydrogen-bond donors (Lipinski definition) is 3. The third kappa shape index (κ3) is 18.2. The first-order valence-corrected chi connectivity index (χ1v) is 10.6. The van der Waals surface area contributed by atoms with Crippen LogP contribution in [0.1, 0.15) is 60.8 Å². The zero-order chi connectivity index (χ0) is 23.9. The fourth-order valence-corrected chi connectivity index (χ4v) is 2.30. The van der Waals surface area contributed by atoms with Crippen LogP contribution in [0.25, 0.3) is 0 Å². The van der Waals surface area contributed by atoms with Gasteiger partial charge in [-0.25, -0.2) is 9.59 Å². The van der Waals surface area contributed by atoms with Crippen LogP contribution in [0.2, 0.25) is 0 Å². The summed E-state index contributed by atoms with van der Waals surface area (Å²) in [4.78, 5) is 40.0. The average Bonchev–Trinajstić information content (AvgIpc) is 2.60. The van der Waals surface area contributed by atoms with E-state index in [0.29, 0.717) is 52.1 Å². The maximum Gasteiger partial charge on any atom is 0.408 e. The van der Waals surface area contributed by atoms with E-state index in [9.17, 15) is 14.4 Å². The van der Waals surface area contributed by atoms with Crippen LogP contribution in [0.4, 0.5) is 9.59 Å². The summed E-state index contributed by atoms with van der Waals surface area (Å²) in [6.07, 6.45) is 0.470. The standard InChI is InChI=1S/C21H40N4O6/c1-20(2,3)30-18(27)24-11-9-8-10-16(25-19(28)31-21(4,5)6)17(26)23-13-15-29-14-12-22-7/h16H,7-15H2,1-6H3,(H,23,26)(H,24,27)(H,25,28)/t16-/m0/s1. The first-order chi connectivity index (χ1) is 14.3. The molecule has 0 heterocycles. The van der Waals surface area contributed by atoms with E-state index in [4.69, 9.17) is 14.2 Å². The van der Waals surface area contributed by atoms with Crippen LogP contribution in [0.15, 0.2) is 4.99 Å². The molecule has 0 unspecified atom stereocenters. The first kappa shape index (κ1) is 28.6. The monoisotopic (exact) mass is 444 g/mol. The Morgan fingerprint density at radius 1 is 0.871 bits per heavy atom. The van der Waals surface area contributed by atoms with Crippen LogP contribution in [-0.2, 0) is 19.0 Å². The van der Waals surface area contributed by atoms with Crippen LogP contribution in [-0.4, -0.2) is 74.9 Å². The molecular weight excluding hydrogens is 404 g/mol. The van der Waals surface area contributed by atoms with Crippen LogP contribution in [0.5, 0.6) is 0 Å². The highest BCUT2D eigenvalue weighted by atomic mass is 16.6. The highest BCUT2D eigenvalue weighted by molar-refractivity contribution is 5.85. The predicted molar refractivity (Wildman–Crippen MR) is 119 cm³/mol. The molecule has 0 fully saturated rings. The van der Waals surface area contributed by atoms with Gasteiger partial charge in [0.1, 0.15) is 17.2 Å². The number of hydrogen-bond acceptors (Lipinski definition) is 7. The zero-order valence-electron chi connectivity index (χ0n) is 19.8. The second-order valence-corrected chi connectivity index (χ2v) is 8.97. The van der Waals surface area contributed by atoms with E-state index in [0.717, 1.165) is 0 Å². The van der Waals surface area contributed by atoms with Gasteiger partial charge in [-0.2, -0.15) is 0 Å². The lowest BCUT2D eigenvalue weighted by Gasteiger charge is -2.23. The number of carbonyl (C=O) groups excluding carboxylic acids is 3. The highest BCUT2D eigenvalue weighted by Gasteiger charge is 2.24. The van der Waals surface area contributed by atoms with Crippen molar-refractivity contribution in [2.75, 3.05) is 32.8 Å². The SMILES string of the molecule is C=NCCOCCNC(=O)[C@H](CCCCNC(=O)OC(C)(C)C)NC(=O)OC(C)(C)C. The molecule has 1 atom stereocenters. The van der Waals surface area contributed by atoms with Crippen molar-refractivity contribution in [3.63, 3.8) is 0 Å². The minimum absolute atomic E-state index is 0.308. The van der Waals surface area contributed by atoms with Crippen molar-refractivity contribution in [1.82, 2.24) is 16.0 Å². The molecule has 0 saturated carbocycles. The Bertz CT molecular complexity index is 569. The number of nitrogens with one attached hydrogen (secondary N) is 3. The van der Waals surface area contributed by atoms with E-state index in [-0.39, 0.29) is 5.91 Å². The summed E-state index contributed by atoms with van der Waals surface area (Å²) >= 11 is 0. The molecule has 0 aliphatic rings. The normalized spacial score (nSPS) is 12.5. The average molecular weight is 445 g/mol. The Labute approximate surface area is 185 Å². The largest absolute Gasteiger partial charge is 0.444 e. The predicted octanol–water partition coefficient (Wildman–Crippen LogP) is 2.41. The number of alkyl carbamates (subject to hydrolysis) is 2. The topological polar surface area (TPSA) is 127 Å². The number of ether oxygens (including phenoxy) is 3. The van der Waals surface area contributed by atoms with Crippen molar-refractivity contribution in [3.05, 3.63) is 0 Å². The lowest BCUT2D eigenvalue weighted by molar-refractivity contribution is -0.123. The van der Waals surface area contributed by atoms with Crippen molar-refractivity contribution >= 4 is 24.8 Å². The summed E-state index contributed by atoms with van der Waals surface area (Å²) in [5, 5.41) is 8.03. The van der Waals surface area contributed by atoms with Crippen LogP contribution in [0.3, 0.4) is 0 Å². The first-order valence-electron chi connectivity index (χ1n) is 10.6. The van der Waals surface area contributed by atoms with Gasteiger partial charge >= 0.3 is 12.2 Å². The molecule has 0 aromatic rings. The molecular formula is C21H40N4O6. The molecule has 3 amide bonds. The third-order valence-corrected chi connectivity index (χ3v) is 3.53. The van der Waals surface area contributed by atoms with E-state index < -0.39 is 29.4 Å². The zero-order valence-corrected chi connectivity index (χ0v) is 19.8. The summed E-state index contributed by atoms with van der Waals surface area (Å²) in [6.45, 7) is 16.0. The van der Waals surface area contributed by atoms with Gasteiger partial charge in [-0.05, 0) is 67.5 Å². The van der Waals surface area contributed by atoms with Gasteiger partial charge in [0.05, 0.1) is 19.8 Å². The van der Waals surface area contributed by atoms with Crippen molar-refractivity contribution in [2.24, 2.45) is 4.99 Å². The molecule has 3 N–H and O–H groups in total. The van der Waals surface area contributed by atoms with Crippen molar-refractivity contribution in [2.45, 2.75) is 78.0 Å². The molecule has 10 nitrogen and oxygen atoms in total. The lowest BCUT2D eigenvalue weighted by Crippen LogP contribution is -2.48. The fourth-order valence-electron chi connectivity index (χ4n) is 2.30. The van der Waals surface area contributed by atoms with Crippen molar-refractivity contribution in [3.8, 4) is 0 Å². The maximum atomic E-state index is 12.5. The van der Waals surface area contributed by atoms with Gasteiger partial charge in [-0.15, -0.1) is 0 Å². The summed E-state index contributed by atoms with van der Waals surface area (Å²) < 4.78 is 15.7. The van der Waals surface area contributed by atoms with Gasteiger partial charge in [0.2, 0.25) is 5.91 Å². The fraction of sp³-hybridized carbons (Fsp3) is 0.810. The molecule has 0 aromatic carbocycles. The summed E-state index contributed by atoms with van der Waals surface area (Å²) in [7, 11) is 0. The molecule has 0 saturated heterocycles. The van der Waals surface area contributed by atoms with Crippen molar-refractivity contribution in [1.29, 1.82) is 0 Å². The van der Waals surface area contributed by atoms with Crippen LogP contribution >= 0.6 is 0 Å². The van der Waals surface area contributed by atoms with Gasteiger partial charge in [0, 0.05) is 13.1 Å². The quantitative estimate of drug-likeness (QED) is 0.296. The highest BCUT2D eigenvalue weighted by Crippen LogP contribution is 2.09. The molecule has 0 spiro atoms. The molecule has 180 valence electrons. The Morgan fingerprint density at radius 3 is 2.06 bits per heavy atom. The number of amides is 3. The van der Waals surface area contributed by atoms with E-state index in [2.05, 4.69) is 27.7 Å². The lowest BCUT2D eigenvalue weighted by atomic mass is 10.1. The Kier molecular flexibility index (Phi) is 13.5. The summed E-state index contributed by atoms with van der Waals surface area (Å²) in [5.74, 6) is -0.323. The van der Waals surface area contributed by atoms with Crippen LogP contribution in [0, 0.1) is 0 Å². The van der Waals surface area contributed by atoms with Crippen molar-refractivity contribution < 1.29 is 28.6 Å². The van der Waals surface area contributed by atoms with E-state index in [1.807, 2.05) is 0 Å². The summed E-state index contributed by atoms with van der Waals surface area (Å²) in [5.41, 5.74) is -1.23. The molecule has 0 radical (unpaired) electrons. The smallest absolute Gasteiger partial charge is 0.408 e. The molecule has 0 aliphatic heterocycles. The molecule has 0 aromatic heterocycles. The van der Waals surface area contributed by atoms with Gasteiger partial charge in [-0.1, -0.05) is 0 Å². The number of rotatable bonds is 13. The Balaban J connectivity index is 4.49. The minimum atomic E-state index is -0.758.